The van der Waals surface area contributed by atoms with Crippen LogP contribution in [0.15, 0.2) is 42.5 Å². The summed E-state index contributed by atoms with van der Waals surface area (Å²) in [4.78, 5) is 27.6. The Bertz CT molecular complexity index is 1140. The van der Waals surface area contributed by atoms with Gasteiger partial charge in [-0.3, -0.25) is 13.9 Å². The molecule has 192 valence electrons. The van der Waals surface area contributed by atoms with Crippen LogP contribution in [0.1, 0.15) is 25.8 Å². The Kier molecular flexibility index (Phi) is 10.2. The summed E-state index contributed by atoms with van der Waals surface area (Å²) in [5.74, 6) is -0.155. The van der Waals surface area contributed by atoms with E-state index in [2.05, 4.69) is 5.32 Å². The van der Waals surface area contributed by atoms with Gasteiger partial charge in [0.25, 0.3) is 0 Å². The number of nitrogens with zero attached hydrogens (tertiary/aromatic N) is 2. The molecular formula is C24H32ClN3O6S. The van der Waals surface area contributed by atoms with E-state index in [-0.39, 0.29) is 18.1 Å². The molecule has 0 saturated carbocycles. The van der Waals surface area contributed by atoms with Crippen molar-refractivity contribution < 1.29 is 27.5 Å². The highest BCUT2D eigenvalue weighted by atomic mass is 35.5. The predicted octanol–water partition coefficient (Wildman–Crippen LogP) is 3.07. The fourth-order valence-corrected chi connectivity index (χ4v) is 4.46. The second kappa shape index (κ2) is 12.6. The number of hydrogen-bond donors (Lipinski definition) is 1. The molecular weight excluding hydrogens is 494 g/mol. The average Bonchev–Trinajstić information content (AvgIpc) is 2.82. The minimum atomic E-state index is -3.86. The van der Waals surface area contributed by atoms with Crippen LogP contribution in [0.3, 0.4) is 0 Å². The van der Waals surface area contributed by atoms with E-state index >= 15 is 0 Å². The van der Waals surface area contributed by atoms with Gasteiger partial charge in [0.1, 0.15) is 12.6 Å². The first-order valence-electron chi connectivity index (χ1n) is 11.0. The van der Waals surface area contributed by atoms with Gasteiger partial charge in [0, 0.05) is 24.2 Å². The van der Waals surface area contributed by atoms with Crippen molar-refractivity contribution in [1.82, 2.24) is 10.2 Å². The maximum Gasteiger partial charge on any atom is 0.244 e. The molecule has 0 saturated heterocycles. The molecule has 2 amide bonds. The van der Waals surface area contributed by atoms with Gasteiger partial charge in [-0.15, -0.1) is 0 Å². The molecule has 35 heavy (non-hydrogen) atoms. The lowest BCUT2D eigenvalue weighted by Gasteiger charge is -2.31. The van der Waals surface area contributed by atoms with Gasteiger partial charge < -0.3 is 19.7 Å². The van der Waals surface area contributed by atoms with E-state index in [1.165, 1.54) is 31.3 Å². The highest BCUT2D eigenvalue weighted by Crippen LogP contribution is 2.32. The maximum absolute atomic E-state index is 13.5. The van der Waals surface area contributed by atoms with Crippen LogP contribution in [0.2, 0.25) is 5.02 Å². The first-order chi connectivity index (χ1) is 16.5. The number of ether oxygens (including phenoxy) is 2. The van der Waals surface area contributed by atoms with Crippen LogP contribution in [-0.2, 0) is 26.2 Å². The van der Waals surface area contributed by atoms with Crippen molar-refractivity contribution in [2.45, 2.75) is 32.9 Å². The minimum absolute atomic E-state index is 0.0731. The largest absolute Gasteiger partial charge is 0.493 e. The quantitative estimate of drug-likeness (QED) is 0.456. The molecule has 0 fully saturated rings. The summed E-state index contributed by atoms with van der Waals surface area (Å²) < 4.78 is 36.8. The van der Waals surface area contributed by atoms with Crippen LogP contribution in [0, 0.1) is 0 Å². The van der Waals surface area contributed by atoms with Gasteiger partial charge in [0.15, 0.2) is 11.5 Å². The zero-order valence-corrected chi connectivity index (χ0v) is 22.1. The van der Waals surface area contributed by atoms with Gasteiger partial charge in [-0.25, -0.2) is 8.42 Å². The van der Waals surface area contributed by atoms with Crippen molar-refractivity contribution in [1.29, 1.82) is 0 Å². The Morgan fingerprint density at radius 3 is 2.34 bits per heavy atom. The fourth-order valence-electron chi connectivity index (χ4n) is 3.40. The third-order valence-corrected chi connectivity index (χ3v) is 6.67. The summed E-state index contributed by atoms with van der Waals surface area (Å²) >= 11 is 6.10. The number of carbonyl (C=O) groups excluding carboxylic acids is 2. The van der Waals surface area contributed by atoms with Crippen LogP contribution in [0.25, 0.3) is 0 Å². The fraction of sp³-hybridized carbons (Fsp3) is 0.417. The standard InChI is InChI=1S/C24H32ClN3O6S/c1-6-12-26-24(30)17(2)27(15-18-8-7-9-19(25)13-18)23(29)16-28(35(5,31)32)20-10-11-21(33-3)22(14-20)34-4/h7-11,13-14,17H,6,12,15-16H2,1-5H3,(H,26,30)/t17-/m0/s1. The van der Waals surface area contributed by atoms with Crippen molar-refractivity contribution in [3.8, 4) is 11.5 Å². The molecule has 0 unspecified atom stereocenters. The second-order valence-corrected chi connectivity index (χ2v) is 10.3. The Morgan fingerprint density at radius 2 is 1.77 bits per heavy atom. The molecule has 0 spiro atoms. The number of carbonyl (C=O) groups is 2. The summed E-state index contributed by atoms with van der Waals surface area (Å²) in [6, 6.07) is 10.6. The number of rotatable bonds is 12. The van der Waals surface area contributed by atoms with E-state index in [0.717, 1.165) is 17.0 Å². The van der Waals surface area contributed by atoms with E-state index in [4.69, 9.17) is 21.1 Å². The zero-order chi connectivity index (χ0) is 26.2. The molecule has 0 radical (unpaired) electrons. The van der Waals surface area contributed by atoms with Gasteiger partial charge in [-0.05, 0) is 43.2 Å². The van der Waals surface area contributed by atoms with Crippen molar-refractivity contribution in [3.05, 3.63) is 53.1 Å². The van der Waals surface area contributed by atoms with Gasteiger partial charge in [0.2, 0.25) is 21.8 Å². The van der Waals surface area contributed by atoms with Gasteiger partial charge in [-0.2, -0.15) is 0 Å². The summed E-state index contributed by atoms with van der Waals surface area (Å²) in [5, 5.41) is 3.27. The zero-order valence-electron chi connectivity index (χ0n) is 20.6. The number of hydrogen-bond acceptors (Lipinski definition) is 6. The lowest BCUT2D eigenvalue weighted by Crippen LogP contribution is -2.51. The molecule has 0 aromatic heterocycles. The average molecular weight is 526 g/mol. The van der Waals surface area contributed by atoms with Crippen molar-refractivity contribution in [2.75, 3.05) is 37.9 Å². The lowest BCUT2D eigenvalue weighted by molar-refractivity contribution is -0.139. The first kappa shape index (κ1) is 28.3. The number of sulfonamides is 1. The second-order valence-electron chi connectivity index (χ2n) is 7.93. The molecule has 11 heteroatoms. The van der Waals surface area contributed by atoms with E-state index in [1.54, 1.807) is 37.3 Å². The molecule has 9 nitrogen and oxygen atoms in total. The van der Waals surface area contributed by atoms with Crippen LogP contribution in [0.5, 0.6) is 11.5 Å². The summed E-state index contributed by atoms with van der Waals surface area (Å²) in [6.45, 7) is 3.55. The molecule has 0 aliphatic rings. The third kappa shape index (κ3) is 7.76. The maximum atomic E-state index is 13.5. The molecule has 0 heterocycles. The van der Waals surface area contributed by atoms with Crippen LogP contribution in [-0.4, -0.2) is 64.7 Å². The van der Waals surface area contributed by atoms with Crippen molar-refractivity contribution >= 4 is 39.1 Å². The summed E-state index contributed by atoms with van der Waals surface area (Å²) in [7, 11) is -0.965. The number of nitrogens with one attached hydrogen (secondary N) is 1. The van der Waals surface area contributed by atoms with Crippen molar-refractivity contribution in [2.24, 2.45) is 0 Å². The lowest BCUT2D eigenvalue weighted by atomic mass is 10.1. The molecule has 2 aromatic rings. The van der Waals surface area contributed by atoms with E-state index in [1.807, 2.05) is 6.92 Å². The molecule has 2 rings (SSSR count). The highest BCUT2D eigenvalue weighted by molar-refractivity contribution is 7.92. The van der Waals surface area contributed by atoms with Gasteiger partial charge >= 0.3 is 0 Å². The number of halogens is 1. The topological polar surface area (TPSA) is 105 Å². The Balaban J connectivity index is 2.42. The van der Waals surface area contributed by atoms with Gasteiger partial charge in [-0.1, -0.05) is 30.7 Å². The predicted molar refractivity (Wildman–Crippen MR) is 137 cm³/mol. The smallest absolute Gasteiger partial charge is 0.244 e. The molecule has 2 aromatic carbocycles. The molecule has 1 N–H and O–H groups in total. The van der Waals surface area contributed by atoms with E-state index in [0.29, 0.717) is 28.6 Å². The number of amides is 2. The van der Waals surface area contributed by atoms with Crippen LogP contribution >= 0.6 is 11.6 Å². The summed E-state index contributed by atoms with van der Waals surface area (Å²) in [6.07, 6.45) is 1.75. The molecule has 0 aliphatic heterocycles. The summed E-state index contributed by atoms with van der Waals surface area (Å²) in [5.41, 5.74) is 0.933. The third-order valence-electron chi connectivity index (χ3n) is 5.29. The number of benzene rings is 2. The minimum Gasteiger partial charge on any atom is -0.493 e. The Morgan fingerprint density at radius 1 is 1.09 bits per heavy atom. The number of anilines is 1. The Labute approximate surface area is 212 Å². The molecule has 0 aliphatic carbocycles. The van der Waals surface area contributed by atoms with E-state index in [9.17, 15) is 18.0 Å². The van der Waals surface area contributed by atoms with E-state index < -0.39 is 28.5 Å². The highest BCUT2D eigenvalue weighted by Gasteiger charge is 2.30. The SMILES string of the molecule is CCCNC(=O)[C@H](C)N(Cc1cccc(Cl)c1)C(=O)CN(c1ccc(OC)c(OC)c1)S(C)(=O)=O. The van der Waals surface area contributed by atoms with Crippen LogP contribution in [0.4, 0.5) is 5.69 Å². The van der Waals surface area contributed by atoms with Crippen molar-refractivity contribution in [3.63, 3.8) is 0 Å². The first-order valence-corrected chi connectivity index (χ1v) is 13.3. The number of methoxy groups -OCH3 is 2. The molecule has 0 bridgehead atoms. The normalized spacial score (nSPS) is 11.9. The molecule has 1 atom stereocenters. The monoisotopic (exact) mass is 525 g/mol. The van der Waals surface area contributed by atoms with Gasteiger partial charge in [0.05, 0.1) is 26.2 Å². The Hall–Kier alpha value is -2.98. The van der Waals surface area contributed by atoms with Crippen LogP contribution < -0.4 is 19.1 Å².